The van der Waals surface area contributed by atoms with Gasteiger partial charge in [0.25, 0.3) is 0 Å². The van der Waals surface area contributed by atoms with Crippen molar-refractivity contribution in [2.45, 2.75) is 38.2 Å². The van der Waals surface area contributed by atoms with E-state index in [-0.39, 0.29) is 12.1 Å². The highest BCUT2D eigenvalue weighted by atomic mass is 32.1. The van der Waals surface area contributed by atoms with Crippen LogP contribution in [-0.4, -0.2) is 23.5 Å². The van der Waals surface area contributed by atoms with Crippen molar-refractivity contribution in [1.82, 2.24) is 4.37 Å². The van der Waals surface area contributed by atoms with Gasteiger partial charge in [-0.1, -0.05) is 78.9 Å². The minimum Gasteiger partial charge on any atom is -0.468 e. The summed E-state index contributed by atoms with van der Waals surface area (Å²) in [5, 5.41) is 2.89. The van der Waals surface area contributed by atoms with E-state index < -0.39 is 11.5 Å². The summed E-state index contributed by atoms with van der Waals surface area (Å²) in [6.07, 6.45) is 0.774. The number of aryl methyl sites for hydroxylation is 1. The normalized spacial score (nSPS) is 14.5. The van der Waals surface area contributed by atoms with Crippen LogP contribution in [0.2, 0.25) is 0 Å². The quantitative estimate of drug-likeness (QED) is 0.263. The van der Waals surface area contributed by atoms with Gasteiger partial charge in [0.05, 0.1) is 28.8 Å². The van der Waals surface area contributed by atoms with E-state index >= 15 is 0 Å². The van der Waals surface area contributed by atoms with E-state index in [4.69, 9.17) is 9.47 Å². The first-order valence-corrected chi connectivity index (χ1v) is 13.0. The summed E-state index contributed by atoms with van der Waals surface area (Å²) in [5.41, 5.74) is 5.94. The number of hydrogen-bond donors (Lipinski definition) is 1. The number of hydrogen-bond acceptors (Lipinski definition) is 6. The van der Waals surface area contributed by atoms with E-state index in [1.54, 1.807) is 0 Å². The predicted octanol–water partition coefficient (Wildman–Crippen LogP) is 7.30. The van der Waals surface area contributed by atoms with Gasteiger partial charge in [0.15, 0.2) is 0 Å². The molecule has 0 saturated heterocycles. The molecule has 1 heterocycles. The van der Waals surface area contributed by atoms with Gasteiger partial charge in [-0.25, -0.2) is 4.79 Å². The second kappa shape index (κ2) is 10.2. The topological polar surface area (TPSA) is 77.5 Å². The van der Waals surface area contributed by atoms with Crippen LogP contribution < -0.4 is 5.32 Å². The van der Waals surface area contributed by atoms with E-state index in [1.807, 2.05) is 92.7 Å². The summed E-state index contributed by atoms with van der Waals surface area (Å²) in [6, 6.07) is 25.9. The van der Waals surface area contributed by atoms with Crippen molar-refractivity contribution in [2.24, 2.45) is 0 Å². The van der Waals surface area contributed by atoms with Crippen molar-refractivity contribution in [1.29, 1.82) is 0 Å². The first kappa shape index (κ1) is 24.7. The number of benzene rings is 3. The first-order chi connectivity index (χ1) is 17.9. The van der Waals surface area contributed by atoms with Crippen molar-refractivity contribution < 1.29 is 19.1 Å². The lowest BCUT2D eigenvalue weighted by Crippen LogP contribution is -2.21. The number of ether oxygens (including phenoxy) is 2. The molecule has 0 radical (unpaired) electrons. The van der Waals surface area contributed by atoms with Gasteiger partial charge in [-0.3, -0.25) is 10.1 Å². The highest BCUT2D eigenvalue weighted by Gasteiger charge is 2.52. The van der Waals surface area contributed by atoms with Gasteiger partial charge in [0.2, 0.25) is 0 Å². The minimum absolute atomic E-state index is 0.160. The number of amides is 1. The summed E-state index contributed by atoms with van der Waals surface area (Å²) < 4.78 is 15.0. The molecule has 5 rings (SSSR count). The number of aromatic nitrogens is 1. The fourth-order valence-electron chi connectivity index (χ4n) is 4.52. The smallest absolute Gasteiger partial charge is 0.412 e. The lowest BCUT2D eigenvalue weighted by Gasteiger charge is -2.15. The number of methoxy groups -OCH3 is 1. The molecule has 7 heteroatoms. The number of anilines is 1. The molecule has 1 aliphatic carbocycles. The van der Waals surface area contributed by atoms with Crippen LogP contribution in [0.15, 0.2) is 78.9 Å². The Kier molecular flexibility index (Phi) is 6.80. The lowest BCUT2D eigenvalue weighted by atomic mass is 9.93. The Morgan fingerprint density at radius 1 is 0.919 bits per heavy atom. The predicted molar refractivity (Wildman–Crippen MR) is 146 cm³/mol. The molecule has 4 aromatic rings. The molecule has 6 nitrogen and oxygen atoms in total. The maximum atomic E-state index is 12.6. The first-order valence-electron chi connectivity index (χ1n) is 12.2. The average molecular weight is 513 g/mol. The van der Waals surface area contributed by atoms with E-state index in [2.05, 4.69) is 9.69 Å². The molecule has 1 atom stereocenters. The van der Waals surface area contributed by atoms with Crippen LogP contribution in [0, 0.1) is 6.92 Å². The Morgan fingerprint density at radius 3 is 2.11 bits per heavy atom. The largest absolute Gasteiger partial charge is 0.468 e. The third-order valence-electron chi connectivity index (χ3n) is 6.89. The Morgan fingerprint density at radius 2 is 1.51 bits per heavy atom. The molecule has 1 aromatic heterocycles. The standard InChI is InChI=1S/C30H28N2O4S/c1-19-26(31-29(34)36-20(2)21-7-5-4-6-8-21)27(37-32-19)24-11-9-22(10-12-24)23-13-15-25(16-14-23)30(17-18-30)28(33)35-3/h4-16,20H,17-18H2,1-3H3,(H,31,34). The van der Waals surface area contributed by atoms with Crippen molar-refractivity contribution in [3.63, 3.8) is 0 Å². The molecule has 1 saturated carbocycles. The lowest BCUT2D eigenvalue weighted by molar-refractivity contribution is -0.143. The Balaban J connectivity index is 1.30. The Labute approximate surface area is 220 Å². The Hall–Kier alpha value is -3.97. The van der Waals surface area contributed by atoms with Crippen LogP contribution in [0.3, 0.4) is 0 Å². The molecule has 1 fully saturated rings. The van der Waals surface area contributed by atoms with Crippen LogP contribution >= 0.6 is 11.5 Å². The van der Waals surface area contributed by atoms with Gasteiger partial charge < -0.3 is 9.47 Å². The fourth-order valence-corrected chi connectivity index (χ4v) is 5.38. The summed E-state index contributed by atoms with van der Waals surface area (Å²) in [6.45, 7) is 3.72. The monoisotopic (exact) mass is 512 g/mol. The molecule has 188 valence electrons. The van der Waals surface area contributed by atoms with Crippen LogP contribution in [0.4, 0.5) is 10.5 Å². The van der Waals surface area contributed by atoms with Gasteiger partial charge >= 0.3 is 12.1 Å². The summed E-state index contributed by atoms with van der Waals surface area (Å²) in [5.74, 6) is -0.160. The van der Waals surface area contributed by atoms with Gasteiger partial charge in [-0.15, -0.1) is 0 Å². The molecule has 0 spiro atoms. The van der Waals surface area contributed by atoms with Crippen molar-refractivity contribution >= 4 is 29.3 Å². The maximum absolute atomic E-state index is 12.6. The van der Waals surface area contributed by atoms with Crippen molar-refractivity contribution in [3.8, 4) is 21.6 Å². The van der Waals surface area contributed by atoms with Crippen molar-refractivity contribution in [3.05, 3.63) is 95.7 Å². The number of carbonyl (C=O) groups excluding carboxylic acids is 2. The van der Waals surface area contributed by atoms with Crippen LogP contribution in [0.5, 0.6) is 0 Å². The highest BCUT2D eigenvalue weighted by molar-refractivity contribution is 7.10. The maximum Gasteiger partial charge on any atom is 0.412 e. The van der Waals surface area contributed by atoms with E-state index in [1.165, 1.54) is 18.6 Å². The second-order valence-electron chi connectivity index (χ2n) is 9.28. The molecular formula is C30H28N2O4S. The van der Waals surface area contributed by atoms with Gasteiger partial charge in [0, 0.05) is 0 Å². The number of nitrogens with one attached hydrogen (secondary N) is 1. The Bertz CT molecular complexity index is 1410. The van der Waals surface area contributed by atoms with Crippen molar-refractivity contribution in [2.75, 3.05) is 12.4 Å². The minimum atomic E-state index is -0.516. The van der Waals surface area contributed by atoms with Crippen LogP contribution in [0.1, 0.15) is 42.7 Å². The molecule has 0 aliphatic heterocycles. The average Bonchev–Trinajstić information content (AvgIpc) is 3.67. The third kappa shape index (κ3) is 5.00. The molecule has 1 unspecified atom stereocenters. The zero-order valence-electron chi connectivity index (χ0n) is 21.0. The zero-order valence-corrected chi connectivity index (χ0v) is 21.8. The molecule has 1 N–H and O–H groups in total. The second-order valence-corrected chi connectivity index (χ2v) is 10.1. The number of nitrogens with zero attached hydrogens (tertiary/aromatic N) is 1. The molecule has 0 bridgehead atoms. The molecule has 3 aromatic carbocycles. The molecule has 37 heavy (non-hydrogen) atoms. The van der Waals surface area contributed by atoms with Crippen LogP contribution in [0.25, 0.3) is 21.6 Å². The van der Waals surface area contributed by atoms with Crippen LogP contribution in [-0.2, 0) is 19.7 Å². The number of carbonyl (C=O) groups is 2. The summed E-state index contributed by atoms with van der Waals surface area (Å²) >= 11 is 1.34. The zero-order chi connectivity index (χ0) is 26.0. The number of rotatable bonds is 7. The summed E-state index contributed by atoms with van der Waals surface area (Å²) in [7, 11) is 1.44. The fraction of sp³-hybridized carbons (Fsp3) is 0.233. The SMILES string of the molecule is COC(=O)C1(c2ccc(-c3ccc(-c4snc(C)c4NC(=O)OC(C)c4ccccc4)cc3)cc2)CC1. The van der Waals surface area contributed by atoms with E-state index in [0.717, 1.165) is 51.2 Å². The number of esters is 1. The van der Waals surface area contributed by atoms with E-state index in [9.17, 15) is 9.59 Å². The molecular weight excluding hydrogens is 484 g/mol. The molecule has 1 aliphatic rings. The third-order valence-corrected chi connectivity index (χ3v) is 7.87. The van der Waals surface area contributed by atoms with Gasteiger partial charge in [-0.05, 0) is 66.0 Å². The summed E-state index contributed by atoms with van der Waals surface area (Å²) in [4.78, 5) is 25.7. The van der Waals surface area contributed by atoms with E-state index in [0.29, 0.717) is 5.69 Å². The molecule has 1 amide bonds. The van der Waals surface area contributed by atoms with Gasteiger partial charge in [0.1, 0.15) is 6.10 Å². The van der Waals surface area contributed by atoms with Gasteiger partial charge in [-0.2, -0.15) is 4.37 Å². The highest BCUT2D eigenvalue weighted by Crippen LogP contribution is 2.49.